The molecule has 0 saturated heterocycles. The number of pyridine rings is 1. The number of hydrogen-bond donors (Lipinski definition) is 1. The van der Waals surface area contributed by atoms with E-state index in [9.17, 15) is 9.18 Å². The molecule has 0 aliphatic carbocycles. The molecule has 3 heterocycles. The summed E-state index contributed by atoms with van der Waals surface area (Å²) in [5.74, 6) is -1.29. The first kappa shape index (κ1) is 13.1. The van der Waals surface area contributed by atoms with Gasteiger partial charge in [0.2, 0.25) is 5.95 Å². The molecule has 2 N–H and O–H groups in total. The fraction of sp³-hybridized carbons (Fsp3) is 0.308. The van der Waals surface area contributed by atoms with Crippen LogP contribution in [0.3, 0.4) is 0 Å². The SMILES string of the molecule is NC(=O)c1c(-c2cnc(F)c(Cl)c2)nn2c1CCCC2. The lowest BCUT2D eigenvalue weighted by atomic mass is 10.0. The number of halogens is 2. The van der Waals surface area contributed by atoms with Crippen molar-refractivity contribution in [1.82, 2.24) is 14.8 Å². The van der Waals surface area contributed by atoms with Crippen LogP contribution in [0.1, 0.15) is 28.9 Å². The van der Waals surface area contributed by atoms with Crippen LogP contribution in [0.15, 0.2) is 12.3 Å². The molecular weight excluding hydrogens is 283 g/mol. The van der Waals surface area contributed by atoms with Crippen molar-refractivity contribution in [3.63, 3.8) is 0 Å². The van der Waals surface area contributed by atoms with E-state index in [1.807, 2.05) is 0 Å². The third-order valence-electron chi connectivity index (χ3n) is 3.41. The number of carbonyl (C=O) groups excluding carboxylic acids is 1. The molecule has 20 heavy (non-hydrogen) atoms. The number of amides is 1. The monoisotopic (exact) mass is 294 g/mol. The van der Waals surface area contributed by atoms with Crippen molar-refractivity contribution in [3.05, 3.63) is 34.5 Å². The maximum absolute atomic E-state index is 13.1. The Morgan fingerprint density at radius 2 is 2.25 bits per heavy atom. The highest BCUT2D eigenvalue weighted by Crippen LogP contribution is 2.30. The second-order valence-electron chi connectivity index (χ2n) is 4.71. The molecule has 5 nitrogen and oxygen atoms in total. The van der Waals surface area contributed by atoms with E-state index in [4.69, 9.17) is 17.3 Å². The van der Waals surface area contributed by atoms with Crippen molar-refractivity contribution >= 4 is 17.5 Å². The summed E-state index contributed by atoms with van der Waals surface area (Å²) in [6, 6.07) is 1.41. The van der Waals surface area contributed by atoms with Gasteiger partial charge in [0.15, 0.2) is 0 Å². The van der Waals surface area contributed by atoms with Crippen molar-refractivity contribution in [2.45, 2.75) is 25.8 Å². The lowest BCUT2D eigenvalue weighted by molar-refractivity contribution is 0.0999. The molecular formula is C13H12ClFN4O. The summed E-state index contributed by atoms with van der Waals surface area (Å²) < 4.78 is 14.9. The maximum Gasteiger partial charge on any atom is 0.252 e. The average molecular weight is 295 g/mol. The number of fused-ring (bicyclic) bond motifs is 1. The van der Waals surface area contributed by atoms with E-state index < -0.39 is 11.9 Å². The Morgan fingerprint density at radius 1 is 1.45 bits per heavy atom. The highest BCUT2D eigenvalue weighted by molar-refractivity contribution is 6.30. The van der Waals surface area contributed by atoms with Gasteiger partial charge in [-0.05, 0) is 25.3 Å². The summed E-state index contributed by atoms with van der Waals surface area (Å²) in [6.07, 6.45) is 4.07. The van der Waals surface area contributed by atoms with Crippen LogP contribution in [0.25, 0.3) is 11.3 Å². The molecule has 0 atom stereocenters. The normalized spacial score (nSPS) is 14.1. The van der Waals surface area contributed by atoms with Gasteiger partial charge in [-0.2, -0.15) is 9.49 Å². The summed E-state index contributed by atoms with van der Waals surface area (Å²) >= 11 is 5.73. The zero-order chi connectivity index (χ0) is 14.3. The van der Waals surface area contributed by atoms with Crippen molar-refractivity contribution in [2.24, 2.45) is 5.73 Å². The van der Waals surface area contributed by atoms with Gasteiger partial charge in [0.05, 0.1) is 16.3 Å². The standard InChI is InChI=1S/C13H12ClFN4O/c14-8-5-7(6-17-12(8)15)11-10(13(16)20)9-3-1-2-4-19(9)18-11/h5-6H,1-4H2,(H2,16,20). The van der Waals surface area contributed by atoms with E-state index >= 15 is 0 Å². The third-order valence-corrected chi connectivity index (χ3v) is 3.67. The predicted octanol–water partition coefficient (Wildman–Crippen LogP) is 2.17. The van der Waals surface area contributed by atoms with E-state index in [-0.39, 0.29) is 5.02 Å². The Morgan fingerprint density at radius 3 is 2.95 bits per heavy atom. The Kier molecular flexibility index (Phi) is 3.17. The minimum atomic E-state index is -0.750. The van der Waals surface area contributed by atoms with Crippen molar-refractivity contribution < 1.29 is 9.18 Å². The fourth-order valence-corrected chi connectivity index (χ4v) is 2.67. The van der Waals surface area contributed by atoms with Gasteiger partial charge in [0.1, 0.15) is 5.69 Å². The smallest absolute Gasteiger partial charge is 0.252 e. The van der Waals surface area contributed by atoms with Gasteiger partial charge in [-0.25, -0.2) is 4.98 Å². The lowest BCUT2D eigenvalue weighted by Gasteiger charge is -2.13. The van der Waals surface area contributed by atoms with Gasteiger partial charge in [-0.1, -0.05) is 11.6 Å². The minimum absolute atomic E-state index is 0.108. The summed E-state index contributed by atoms with van der Waals surface area (Å²) in [7, 11) is 0. The Bertz CT molecular complexity index is 698. The number of hydrogen-bond acceptors (Lipinski definition) is 3. The number of nitrogens with two attached hydrogens (primary N) is 1. The van der Waals surface area contributed by atoms with Crippen LogP contribution >= 0.6 is 11.6 Å². The van der Waals surface area contributed by atoms with E-state index in [0.717, 1.165) is 31.5 Å². The highest BCUT2D eigenvalue weighted by Gasteiger charge is 2.25. The predicted molar refractivity (Wildman–Crippen MR) is 71.9 cm³/mol. The maximum atomic E-state index is 13.1. The van der Waals surface area contributed by atoms with Gasteiger partial charge in [0.25, 0.3) is 5.91 Å². The summed E-state index contributed by atoms with van der Waals surface area (Å²) in [6.45, 7) is 0.748. The summed E-state index contributed by atoms with van der Waals surface area (Å²) in [4.78, 5) is 15.3. The second-order valence-corrected chi connectivity index (χ2v) is 5.12. The van der Waals surface area contributed by atoms with Crippen LogP contribution in [0.5, 0.6) is 0 Å². The second kappa shape index (κ2) is 4.86. The Labute approximate surface area is 119 Å². The number of aromatic nitrogens is 3. The molecule has 1 aliphatic rings. The molecule has 0 fully saturated rings. The number of aryl methyl sites for hydroxylation is 1. The lowest BCUT2D eigenvalue weighted by Crippen LogP contribution is -2.17. The number of nitrogens with zero attached hydrogens (tertiary/aromatic N) is 3. The quantitative estimate of drug-likeness (QED) is 0.863. The molecule has 2 aromatic rings. The van der Waals surface area contributed by atoms with Gasteiger partial charge < -0.3 is 5.73 Å². The minimum Gasteiger partial charge on any atom is -0.365 e. The molecule has 0 bridgehead atoms. The molecule has 1 aliphatic heterocycles. The summed E-state index contributed by atoms with van der Waals surface area (Å²) in [5, 5.41) is 4.30. The van der Waals surface area contributed by atoms with Gasteiger partial charge in [-0.15, -0.1) is 0 Å². The van der Waals surface area contributed by atoms with E-state index in [1.165, 1.54) is 12.3 Å². The van der Waals surface area contributed by atoms with E-state index in [1.54, 1.807) is 4.68 Å². The van der Waals surface area contributed by atoms with Crippen LogP contribution in [0.2, 0.25) is 5.02 Å². The third kappa shape index (κ3) is 2.06. The Hall–Kier alpha value is -1.95. The zero-order valence-corrected chi connectivity index (χ0v) is 11.3. The van der Waals surface area contributed by atoms with Gasteiger partial charge in [0, 0.05) is 18.3 Å². The first-order valence-corrected chi connectivity index (χ1v) is 6.66. The first-order chi connectivity index (χ1) is 9.58. The molecule has 104 valence electrons. The molecule has 0 unspecified atom stereocenters. The van der Waals surface area contributed by atoms with Crippen molar-refractivity contribution in [3.8, 4) is 11.3 Å². The molecule has 0 radical (unpaired) electrons. The van der Waals surface area contributed by atoms with Crippen molar-refractivity contribution in [1.29, 1.82) is 0 Å². The molecule has 7 heteroatoms. The molecule has 3 rings (SSSR count). The zero-order valence-electron chi connectivity index (χ0n) is 10.6. The van der Waals surface area contributed by atoms with Crippen LogP contribution in [-0.4, -0.2) is 20.7 Å². The number of carbonyl (C=O) groups is 1. The van der Waals surface area contributed by atoms with Crippen molar-refractivity contribution in [2.75, 3.05) is 0 Å². The number of rotatable bonds is 2. The van der Waals surface area contributed by atoms with E-state index in [2.05, 4.69) is 10.1 Å². The van der Waals surface area contributed by atoms with E-state index in [0.29, 0.717) is 16.8 Å². The van der Waals surface area contributed by atoms with Crippen LogP contribution in [-0.2, 0) is 13.0 Å². The molecule has 0 aromatic carbocycles. The topological polar surface area (TPSA) is 73.8 Å². The number of primary amides is 1. The molecule has 2 aromatic heterocycles. The molecule has 0 saturated carbocycles. The van der Waals surface area contributed by atoms with Crippen LogP contribution in [0.4, 0.5) is 4.39 Å². The summed E-state index contributed by atoms with van der Waals surface area (Å²) in [5.41, 5.74) is 7.60. The molecule has 0 spiro atoms. The van der Waals surface area contributed by atoms with Gasteiger partial charge in [-0.3, -0.25) is 9.48 Å². The first-order valence-electron chi connectivity index (χ1n) is 6.29. The largest absolute Gasteiger partial charge is 0.365 e. The fourth-order valence-electron chi connectivity index (χ4n) is 2.50. The van der Waals surface area contributed by atoms with Gasteiger partial charge >= 0.3 is 0 Å². The highest BCUT2D eigenvalue weighted by atomic mass is 35.5. The van der Waals surface area contributed by atoms with Crippen LogP contribution in [0, 0.1) is 5.95 Å². The Balaban J connectivity index is 2.19. The average Bonchev–Trinajstić information content (AvgIpc) is 2.81. The molecule has 1 amide bonds. The van der Waals surface area contributed by atoms with Crippen LogP contribution < -0.4 is 5.73 Å².